The molecule has 106 valence electrons. The zero-order valence-corrected chi connectivity index (χ0v) is 11.6. The summed E-state index contributed by atoms with van der Waals surface area (Å²) in [6.45, 7) is 7.17. The molecule has 0 aliphatic heterocycles. The quantitative estimate of drug-likeness (QED) is 0.509. The Morgan fingerprint density at radius 2 is 2.21 bits per heavy atom. The van der Waals surface area contributed by atoms with Gasteiger partial charge in [-0.15, -0.1) is 0 Å². The Hall–Kier alpha value is -1.66. The molecule has 0 aliphatic carbocycles. The second-order valence-corrected chi connectivity index (χ2v) is 4.56. The molecule has 0 saturated heterocycles. The van der Waals surface area contributed by atoms with Gasteiger partial charge in [0, 0.05) is 12.8 Å². The van der Waals surface area contributed by atoms with Gasteiger partial charge in [0.2, 0.25) is 0 Å². The molecule has 0 aliphatic rings. The molecular weight excluding hydrogens is 244 g/mol. The van der Waals surface area contributed by atoms with Crippen molar-refractivity contribution in [3.8, 4) is 0 Å². The summed E-state index contributed by atoms with van der Waals surface area (Å²) in [5, 5.41) is 2.95. The Kier molecular flexibility index (Phi) is 6.24. The molecule has 6 nitrogen and oxygen atoms in total. The number of nitrogens with one attached hydrogen (secondary N) is 2. The number of aromatic nitrogens is 1. The Morgan fingerprint density at radius 3 is 2.68 bits per heavy atom. The van der Waals surface area contributed by atoms with Crippen LogP contribution in [0.1, 0.15) is 31.1 Å². The number of amides is 1. The van der Waals surface area contributed by atoms with E-state index >= 15 is 0 Å². The number of nitrogens with zero attached hydrogens (tertiary/aromatic N) is 1. The molecule has 0 bridgehead atoms. The van der Waals surface area contributed by atoms with E-state index < -0.39 is 0 Å². The molecule has 19 heavy (non-hydrogen) atoms. The number of nitrogen functional groups attached to an aromatic ring is 1. The number of hydrazine groups is 1. The first-order chi connectivity index (χ1) is 9.08. The average Bonchev–Trinajstić information content (AvgIpc) is 2.43. The number of hydrogen-bond donors (Lipinski definition) is 3. The van der Waals surface area contributed by atoms with Crippen LogP contribution in [0.15, 0.2) is 18.3 Å². The first kappa shape index (κ1) is 15.4. The molecule has 0 fully saturated rings. The topological polar surface area (TPSA) is 89.3 Å². The predicted molar refractivity (Wildman–Crippen MR) is 74.6 cm³/mol. The average molecular weight is 266 g/mol. The van der Waals surface area contributed by atoms with Crippen LogP contribution in [-0.4, -0.2) is 30.1 Å². The van der Waals surface area contributed by atoms with Crippen molar-refractivity contribution in [3.63, 3.8) is 0 Å². The molecule has 1 aromatic heterocycles. The van der Waals surface area contributed by atoms with Crippen molar-refractivity contribution in [1.82, 2.24) is 10.3 Å². The largest absolute Gasteiger partial charge is 0.380 e. The summed E-state index contributed by atoms with van der Waals surface area (Å²) in [5.74, 6) is 5.88. The second-order valence-electron chi connectivity index (χ2n) is 4.56. The predicted octanol–water partition coefficient (Wildman–Crippen LogP) is 1.16. The number of carbonyl (C=O) groups excluding carboxylic acids is 1. The number of anilines is 1. The minimum absolute atomic E-state index is 0.0141. The summed E-state index contributed by atoms with van der Waals surface area (Å²) < 4.78 is 5.37. The Bertz CT molecular complexity index is 392. The van der Waals surface area contributed by atoms with Crippen molar-refractivity contribution >= 4 is 11.7 Å². The van der Waals surface area contributed by atoms with Crippen LogP contribution in [0.25, 0.3) is 0 Å². The van der Waals surface area contributed by atoms with Gasteiger partial charge in [-0.1, -0.05) is 13.8 Å². The van der Waals surface area contributed by atoms with Crippen molar-refractivity contribution < 1.29 is 9.53 Å². The number of rotatable bonds is 7. The highest BCUT2D eigenvalue weighted by Gasteiger charge is 2.17. The van der Waals surface area contributed by atoms with Gasteiger partial charge in [0.15, 0.2) is 0 Å². The van der Waals surface area contributed by atoms with E-state index in [2.05, 4.69) is 15.7 Å². The highest BCUT2D eigenvalue weighted by molar-refractivity contribution is 5.94. The van der Waals surface area contributed by atoms with Crippen LogP contribution in [0.2, 0.25) is 0 Å². The van der Waals surface area contributed by atoms with Gasteiger partial charge in [-0.25, -0.2) is 10.8 Å². The number of nitrogens with two attached hydrogens (primary N) is 1. The first-order valence-electron chi connectivity index (χ1n) is 6.39. The molecule has 1 unspecified atom stereocenters. The molecule has 6 heteroatoms. The summed E-state index contributed by atoms with van der Waals surface area (Å²) in [7, 11) is 0. The number of pyridine rings is 1. The maximum absolute atomic E-state index is 12.1. The fourth-order valence-electron chi connectivity index (χ4n) is 1.51. The van der Waals surface area contributed by atoms with Gasteiger partial charge in [-0.2, -0.15) is 0 Å². The van der Waals surface area contributed by atoms with E-state index in [1.807, 2.05) is 20.8 Å². The summed E-state index contributed by atoms with van der Waals surface area (Å²) in [5.41, 5.74) is 2.92. The van der Waals surface area contributed by atoms with E-state index in [0.717, 1.165) is 0 Å². The van der Waals surface area contributed by atoms with E-state index in [1.165, 1.54) is 6.20 Å². The third-order valence-electron chi connectivity index (χ3n) is 2.80. The van der Waals surface area contributed by atoms with Crippen LogP contribution in [0.5, 0.6) is 0 Å². The van der Waals surface area contributed by atoms with Gasteiger partial charge in [0.1, 0.15) is 5.82 Å². The minimum Gasteiger partial charge on any atom is -0.380 e. The van der Waals surface area contributed by atoms with Crippen molar-refractivity contribution in [2.45, 2.75) is 26.8 Å². The number of hydrogen-bond acceptors (Lipinski definition) is 5. The van der Waals surface area contributed by atoms with Gasteiger partial charge in [-0.3, -0.25) is 4.79 Å². The maximum atomic E-state index is 12.1. The van der Waals surface area contributed by atoms with Crippen LogP contribution < -0.4 is 16.6 Å². The van der Waals surface area contributed by atoms with Gasteiger partial charge >= 0.3 is 0 Å². The highest BCUT2D eigenvalue weighted by atomic mass is 16.5. The van der Waals surface area contributed by atoms with Crippen LogP contribution in [0, 0.1) is 5.92 Å². The molecule has 1 amide bonds. The van der Waals surface area contributed by atoms with Gasteiger partial charge in [0.25, 0.3) is 5.91 Å². The SMILES string of the molecule is CCOCC(NC(=O)c1ccc(NN)nc1)C(C)C. The van der Waals surface area contributed by atoms with Crippen molar-refractivity contribution in [1.29, 1.82) is 0 Å². The zero-order valence-electron chi connectivity index (χ0n) is 11.6. The summed E-state index contributed by atoms with van der Waals surface area (Å²) in [6.07, 6.45) is 1.49. The molecule has 4 N–H and O–H groups in total. The maximum Gasteiger partial charge on any atom is 0.253 e. The van der Waals surface area contributed by atoms with Gasteiger partial charge in [0.05, 0.1) is 18.2 Å². The van der Waals surface area contributed by atoms with E-state index in [1.54, 1.807) is 12.1 Å². The van der Waals surface area contributed by atoms with Crippen molar-refractivity contribution in [2.24, 2.45) is 11.8 Å². The Morgan fingerprint density at radius 1 is 1.47 bits per heavy atom. The highest BCUT2D eigenvalue weighted by Crippen LogP contribution is 2.07. The standard InChI is InChI=1S/C13H22N4O2/c1-4-19-8-11(9(2)3)16-13(18)10-5-6-12(17-14)15-7-10/h5-7,9,11H,4,8,14H2,1-3H3,(H,15,17)(H,16,18). The second kappa shape index (κ2) is 7.70. The van der Waals surface area contributed by atoms with Crippen LogP contribution in [0.3, 0.4) is 0 Å². The third kappa shape index (κ3) is 4.84. The lowest BCUT2D eigenvalue weighted by molar-refractivity contribution is 0.0806. The molecule has 1 aromatic rings. The van der Waals surface area contributed by atoms with Crippen LogP contribution in [-0.2, 0) is 4.74 Å². The minimum atomic E-state index is -0.158. The Balaban J connectivity index is 2.64. The first-order valence-corrected chi connectivity index (χ1v) is 6.39. The zero-order chi connectivity index (χ0) is 14.3. The number of ether oxygens (including phenoxy) is 1. The molecular formula is C13H22N4O2. The van der Waals surface area contributed by atoms with E-state index in [-0.39, 0.29) is 11.9 Å². The van der Waals surface area contributed by atoms with Crippen LogP contribution >= 0.6 is 0 Å². The molecule has 0 aromatic carbocycles. The monoisotopic (exact) mass is 266 g/mol. The van der Waals surface area contributed by atoms with Gasteiger partial charge < -0.3 is 15.5 Å². The molecule has 0 saturated carbocycles. The lowest BCUT2D eigenvalue weighted by Gasteiger charge is -2.22. The normalized spacial score (nSPS) is 12.3. The summed E-state index contributed by atoms with van der Waals surface area (Å²) in [4.78, 5) is 16.1. The van der Waals surface area contributed by atoms with E-state index in [9.17, 15) is 4.79 Å². The molecule has 1 rings (SSSR count). The van der Waals surface area contributed by atoms with Gasteiger partial charge in [-0.05, 0) is 25.0 Å². The molecule has 0 spiro atoms. The number of carbonyl (C=O) groups is 1. The fraction of sp³-hybridized carbons (Fsp3) is 0.538. The molecule has 1 heterocycles. The van der Waals surface area contributed by atoms with E-state index in [4.69, 9.17) is 10.6 Å². The smallest absolute Gasteiger partial charge is 0.253 e. The lowest BCUT2D eigenvalue weighted by Crippen LogP contribution is -2.41. The third-order valence-corrected chi connectivity index (χ3v) is 2.80. The lowest BCUT2D eigenvalue weighted by atomic mass is 10.0. The van der Waals surface area contributed by atoms with E-state index in [0.29, 0.717) is 30.5 Å². The fourth-order valence-corrected chi connectivity index (χ4v) is 1.51. The van der Waals surface area contributed by atoms with Crippen LogP contribution in [0.4, 0.5) is 5.82 Å². The molecule has 1 atom stereocenters. The molecule has 0 radical (unpaired) electrons. The van der Waals surface area contributed by atoms with Crippen molar-refractivity contribution in [3.05, 3.63) is 23.9 Å². The van der Waals surface area contributed by atoms with Crippen molar-refractivity contribution in [2.75, 3.05) is 18.6 Å². The Labute approximate surface area is 113 Å². The summed E-state index contributed by atoms with van der Waals surface area (Å²) in [6, 6.07) is 3.32. The summed E-state index contributed by atoms with van der Waals surface area (Å²) >= 11 is 0.